The quantitative estimate of drug-likeness (QED) is 0.916. The van der Waals surface area contributed by atoms with Crippen LogP contribution in [0.15, 0.2) is 36.7 Å². The van der Waals surface area contributed by atoms with Gasteiger partial charge in [0.15, 0.2) is 0 Å². The van der Waals surface area contributed by atoms with E-state index in [1.807, 2.05) is 23.0 Å². The first-order valence-electron chi connectivity index (χ1n) is 8.18. The molecular formula is C18H25N3O2. The van der Waals surface area contributed by atoms with Gasteiger partial charge in [-0.3, -0.25) is 9.58 Å². The molecule has 1 aliphatic heterocycles. The van der Waals surface area contributed by atoms with Crippen LogP contribution in [0, 0.1) is 13.8 Å². The fourth-order valence-electron chi connectivity index (χ4n) is 3.00. The van der Waals surface area contributed by atoms with Gasteiger partial charge in [0.2, 0.25) is 0 Å². The highest BCUT2D eigenvalue weighted by molar-refractivity contribution is 5.31. The van der Waals surface area contributed by atoms with Crippen LogP contribution in [0.4, 0.5) is 0 Å². The summed E-state index contributed by atoms with van der Waals surface area (Å²) in [5.74, 6) is 0. The molecule has 124 valence electrons. The van der Waals surface area contributed by atoms with E-state index < -0.39 is 6.10 Å². The summed E-state index contributed by atoms with van der Waals surface area (Å²) in [5, 5.41) is 14.8. The van der Waals surface area contributed by atoms with Crippen LogP contribution >= 0.6 is 0 Å². The zero-order valence-corrected chi connectivity index (χ0v) is 13.9. The third-order valence-electron chi connectivity index (χ3n) is 4.52. The van der Waals surface area contributed by atoms with Crippen molar-refractivity contribution >= 4 is 0 Å². The molecule has 1 aliphatic rings. The Bertz CT molecular complexity index is 627. The second-order valence-electron chi connectivity index (χ2n) is 6.34. The van der Waals surface area contributed by atoms with Crippen molar-refractivity contribution in [2.75, 3.05) is 26.2 Å². The predicted octanol–water partition coefficient (Wildman–Crippen LogP) is 1.93. The number of morpholine rings is 1. The average molecular weight is 315 g/mol. The third-order valence-corrected chi connectivity index (χ3v) is 4.52. The normalized spacial score (nSPS) is 20.6. The predicted molar refractivity (Wildman–Crippen MR) is 89.3 cm³/mol. The van der Waals surface area contributed by atoms with E-state index >= 15 is 0 Å². The molecule has 3 rings (SSSR count). The summed E-state index contributed by atoms with van der Waals surface area (Å²) in [5.41, 5.74) is 3.47. The molecule has 2 heterocycles. The Morgan fingerprint density at radius 3 is 2.96 bits per heavy atom. The second kappa shape index (κ2) is 7.25. The zero-order valence-electron chi connectivity index (χ0n) is 13.9. The fourth-order valence-corrected chi connectivity index (χ4v) is 3.00. The van der Waals surface area contributed by atoms with Crippen molar-refractivity contribution in [1.29, 1.82) is 0 Å². The van der Waals surface area contributed by atoms with E-state index in [-0.39, 0.29) is 6.10 Å². The van der Waals surface area contributed by atoms with Gasteiger partial charge in [0.1, 0.15) is 0 Å². The minimum absolute atomic E-state index is 0.121. The Morgan fingerprint density at radius 1 is 1.35 bits per heavy atom. The first kappa shape index (κ1) is 16.2. The van der Waals surface area contributed by atoms with Crippen molar-refractivity contribution in [1.82, 2.24) is 14.7 Å². The Kier molecular flexibility index (Phi) is 5.10. The van der Waals surface area contributed by atoms with Gasteiger partial charge in [-0.25, -0.2) is 0 Å². The van der Waals surface area contributed by atoms with E-state index in [0.29, 0.717) is 13.2 Å². The number of hydrogen-bond acceptors (Lipinski definition) is 4. The molecule has 0 amide bonds. The van der Waals surface area contributed by atoms with Gasteiger partial charge in [-0.1, -0.05) is 18.2 Å². The van der Waals surface area contributed by atoms with Gasteiger partial charge in [0, 0.05) is 32.0 Å². The maximum absolute atomic E-state index is 10.5. The van der Waals surface area contributed by atoms with E-state index in [0.717, 1.165) is 25.2 Å². The summed E-state index contributed by atoms with van der Waals surface area (Å²) in [6.45, 7) is 7.95. The number of nitrogens with zero attached hydrogens (tertiary/aromatic N) is 3. The average Bonchev–Trinajstić information content (AvgIpc) is 3.03. The Labute approximate surface area is 137 Å². The molecule has 0 spiro atoms. The van der Waals surface area contributed by atoms with Gasteiger partial charge in [0.05, 0.1) is 25.4 Å². The SMILES string of the molecule is Cc1ccc([C@H](O)CN2CCO[C@H](Cn3cccn3)C2)cc1C. The first-order valence-corrected chi connectivity index (χ1v) is 8.18. The van der Waals surface area contributed by atoms with Gasteiger partial charge >= 0.3 is 0 Å². The van der Waals surface area contributed by atoms with E-state index in [4.69, 9.17) is 4.74 Å². The molecule has 1 aromatic carbocycles. The molecule has 0 radical (unpaired) electrons. The molecule has 1 aromatic heterocycles. The van der Waals surface area contributed by atoms with Crippen molar-refractivity contribution in [3.8, 4) is 0 Å². The van der Waals surface area contributed by atoms with Crippen LogP contribution < -0.4 is 0 Å². The number of aromatic nitrogens is 2. The van der Waals surface area contributed by atoms with Crippen molar-refractivity contribution in [2.24, 2.45) is 0 Å². The second-order valence-corrected chi connectivity index (χ2v) is 6.34. The number of ether oxygens (including phenoxy) is 1. The number of rotatable bonds is 5. The molecule has 0 unspecified atom stereocenters. The lowest BCUT2D eigenvalue weighted by molar-refractivity contribution is -0.0486. The van der Waals surface area contributed by atoms with Crippen molar-refractivity contribution in [2.45, 2.75) is 32.6 Å². The lowest BCUT2D eigenvalue weighted by atomic mass is 10.0. The summed E-state index contributed by atoms with van der Waals surface area (Å²) in [6.07, 6.45) is 3.39. The summed E-state index contributed by atoms with van der Waals surface area (Å²) in [6, 6.07) is 8.11. The van der Waals surface area contributed by atoms with Crippen LogP contribution in [0.2, 0.25) is 0 Å². The van der Waals surface area contributed by atoms with Crippen LogP contribution in [0.3, 0.4) is 0 Å². The molecule has 2 atom stereocenters. The van der Waals surface area contributed by atoms with E-state index in [9.17, 15) is 5.11 Å². The number of hydrogen-bond donors (Lipinski definition) is 1. The van der Waals surface area contributed by atoms with Gasteiger partial charge in [-0.2, -0.15) is 5.10 Å². The highest BCUT2D eigenvalue weighted by atomic mass is 16.5. The van der Waals surface area contributed by atoms with E-state index in [1.54, 1.807) is 6.20 Å². The molecule has 2 aromatic rings. The topological polar surface area (TPSA) is 50.5 Å². The Balaban J connectivity index is 1.57. The molecule has 1 fully saturated rings. The molecule has 23 heavy (non-hydrogen) atoms. The molecule has 0 aliphatic carbocycles. The molecule has 1 saturated heterocycles. The summed E-state index contributed by atoms with van der Waals surface area (Å²) in [7, 11) is 0. The van der Waals surface area contributed by atoms with E-state index in [2.05, 4.69) is 36.0 Å². The lowest BCUT2D eigenvalue weighted by Gasteiger charge is -2.34. The Hall–Kier alpha value is -1.69. The van der Waals surface area contributed by atoms with Gasteiger partial charge in [-0.15, -0.1) is 0 Å². The molecule has 5 heteroatoms. The number of benzene rings is 1. The summed E-state index contributed by atoms with van der Waals surface area (Å²) >= 11 is 0. The van der Waals surface area contributed by atoms with Gasteiger partial charge < -0.3 is 9.84 Å². The number of β-amino-alcohol motifs (C(OH)–C–C–N with tert-alkyl or cyclic N) is 1. The highest BCUT2D eigenvalue weighted by Gasteiger charge is 2.23. The summed E-state index contributed by atoms with van der Waals surface area (Å²) in [4.78, 5) is 2.28. The van der Waals surface area contributed by atoms with Crippen molar-refractivity contribution in [3.05, 3.63) is 53.3 Å². The van der Waals surface area contributed by atoms with Crippen LogP contribution in [-0.2, 0) is 11.3 Å². The van der Waals surface area contributed by atoms with Gasteiger partial charge in [-0.05, 0) is 36.6 Å². The molecule has 5 nitrogen and oxygen atoms in total. The standard InChI is InChI=1S/C18H25N3O2/c1-14-4-5-16(10-15(14)2)18(22)13-20-8-9-23-17(11-20)12-21-7-3-6-19-21/h3-7,10,17-18,22H,8-9,11-13H2,1-2H3/t17-,18+/m0/s1. The van der Waals surface area contributed by atoms with Crippen LogP contribution in [0.5, 0.6) is 0 Å². The first-order chi connectivity index (χ1) is 11.1. The highest BCUT2D eigenvalue weighted by Crippen LogP contribution is 2.19. The van der Waals surface area contributed by atoms with Crippen LogP contribution in [-0.4, -0.2) is 52.1 Å². The monoisotopic (exact) mass is 315 g/mol. The van der Waals surface area contributed by atoms with Crippen LogP contribution in [0.1, 0.15) is 22.8 Å². The molecule has 1 N–H and O–H groups in total. The largest absolute Gasteiger partial charge is 0.387 e. The smallest absolute Gasteiger partial charge is 0.0917 e. The minimum Gasteiger partial charge on any atom is -0.387 e. The number of aryl methyl sites for hydroxylation is 2. The third kappa shape index (κ3) is 4.19. The van der Waals surface area contributed by atoms with Crippen molar-refractivity contribution in [3.63, 3.8) is 0 Å². The lowest BCUT2D eigenvalue weighted by Crippen LogP contribution is -2.45. The van der Waals surface area contributed by atoms with Gasteiger partial charge in [0.25, 0.3) is 0 Å². The maximum Gasteiger partial charge on any atom is 0.0917 e. The molecule has 0 saturated carbocycles. The fraction of sp³-hybridized carbons (Fsp3) is 0.500. The van der Waals surface area contributed by atoms with Crippen molar-refractivity contribution < 1.29 is 9.84 Å². The maximum atomic E-state index is 10.5. The Morgan fingerprint density at radius 2 is 2.22 bits per heavy atom. The number of aliphatic hydroxyl groups is 1. The number of aliphatic hydroxyl groups excluding tert-OH is 1. The minimum atomic E-state index is -0.460. The summed E-state index contributed by atoms with van der Waals surface area (Å²) < 4.78 is 7.72. The molecular weight excluding hydrogens is 290 g/mol. The molecule has 0 bridgehead atoms. The van der Waals surface area contributed by atoms with E-state index in [1.165, 1.54) is 11.1 Å². The van der Waals surface area contributed by atoms with Crippen LogP contribution in [0.25, 0.3) is 0 Å². The zero-order chi connectivity index (χ0) is 16.2.